The molecule has 0 atom stereocenters. The minimum Gasteiger partial charge on any atom is -0.481 e. The van der Waals surface area contributed by atoms with Gasteiger partial charge in [0.15, 0.2) is 0 Å². The first-order valence-electron chi connectivity index (χ1n) is 9.05. The molecule has 2 aromatic rings. The zero-order chi connectivity index (χ0) is 21.2. The van der Waals surface area contributed by atoms with Crippen LogP contribution in [0.15, 0.2) is 41.1 Å². The number of hydrogen-bond donors (Lipinski definition) is 3. The number of carbonyl (C=O) groups excluding carboxylic acids is 2. The number of carboxylic acids is 2. The molecule has 1 aromatic carbocycles. The van der Waals surface area contributed by atoms with Crippen LogP contribution in [0.2, 0.25) is 0 Å². The second-order valence-corrected chi connectivity index (χ2v) is 7.08. The molecule has 154 valence electrons. The third-order valence-corrected chi connectivity index (χ3v) is 4.67. The smallest absolute Gasteiger partial charge is 0.303 e. The molecule has 0 spiro atoms. The van der Waals surface area contributed by atoms with Crippen LogP contribution in [0.25, 0.3) is 0 Å². The molecule has 0 bridgehead atoms. The van der Waals surface area contributed by atoms with E-state index in [-0.39, 0.29) is 50.3 Å². The Balaban J connectivity index is 2.04. The van der Waals surface area contributed by atoms with Gasteiger partial charge in [-0.2, -0.15) is 11.3 Å². The average molecular weight is 418 g/mol. The Morgan fingerprint density at radius 1 is 0.828 bits per heavy atom. The molecule has 0 radical (unpaired) electrons. The molecule has 0 aliphatic heterocycles. The van der Waals surface area contributed by atoms with Gasteiger partial charge in [-0.1, -0.05) is 0 Å². The molecule has 29 heavy (non-hydrogen) atoms. The predicted molar refractivity (Wildman–Crippen MR) is 110 cm³/mol. The summed E-state index contributed by atoms with van der Waals surface area (Å²) in [4.78, 5) is 47.3. The van der Waals surface area contributed by atoms with Crippen LogP contribution in [0.1, 0.15) is 38.5 Å². The van der Waals surface area contributed by atoms with Crippen molar-refractivity contribution < 1.29 is 29.4 Å². The first-order chi connectivity index (χ1) is 13.9. The lowest BCUT2D eigenvalue weighted by Crippen LogP contribution is -2.25. The highest BCUT2D eigenvalue weighted by Gasteiger charge is 2.18. The number of nitrogens with zero attached hydrogens (tertiary/aromatic N) is 1. The maximum absolute atomic E-state index is 12.7. The fraction of sp³-hybridized carbons (Fsp3) is 0.300. The molecular formula is C20H22N2O6S. The van der Waals surface area contributed by atoms with Crippen LogP contribution in [-0.2, 0) is 19.2 Å². The number of amides is 2. The standard InChI is InChI=1S/C20H22N2O6S/c23-17(3-1-5-19(25)26)21-14-7-9-15(10-8-14)22(16-11-12-29-13-16)18(24)4-2-6-20(27)28/h7-13H,1-6H2,(H,21,23)(H,25,26)(H,27,28). The van der Waals surface area contributed by atoms with E-state index in [1.54, 1.807) is 30.3 Å². The molecule has 1 aromatic heterocycles. The molecule has 2 rings (SSSR count). The van der Waals surface area contributed by atoms with E-state index in [4.69, 9.17) is 10.2 Å². The van der Waals surface area contributed by atoms with Crippen LogP contribution in [0.3, 0.4) is 0 Å². The van der Waals surface area contributed by atoms with Crippen molar-refractivity contribution in [1.29, 1.82) is 0 Å². The quantitative estimate of drug-likeness (QED) is 0.509. The molecule has 2 amide bonds. The Kier molecular flexibility index (Phi) is 8.35. The number of thiophene rings is 1. The summed E-state index contributed by atoms with van der Waals surface area (Å²) < 4.78 is 0. The van der Waals surface area contributed by atoms with Gasteiger partial charge in [-0.05, 0) is 48.6 Å². The van der Waals surface area contributed by atoms with Crippen molar-refractivity contribution in [2.45, 2.75) is 38.5 Å². The van der Waals surface area contributed by atoms with Crippen LogP contribution < -0.4 is 10.2 Å². The topological polar surface area (TPSA) is 124 Å². The molecule has 0 aliphatic rings. The lowest BCUT2D eigenvalue weighted by Gasteiger charge is -2.22. The van der Waals surface area contributed by atoms with Crippen molar-refractivity contribution >= 4 is 52.2 Å². The van der Waals surface area contributed by atoms with Crippen LogP contribution in [0.4, 0.5) is 17.1 Å². The predicted octanol–water partition coefficient (Wildman–Crippen LogP) is 3.86. The SMILES string of the molecule is O=C(O)CCCC(=O)Nc1ccc(N(C(=O)CCCC(=O)O)c2ccsc2)cc1. The van der Waals surface area contributed by atoms with Crippen LogP contribution in [-0.4, -0.2) is 34.0 Å². The van der Waals surface area contributed by atoms with Gasteiger partial charge in [-0.25, -0.2) is 0 Å². The number of aliphatic carboxylic acids is 2. The van der Waals surface area contributed by atoms with Crippen molar-refractivity contribution in [1.82, 2.24) is 0 Å². The van der Waals surface area contributed by atoms with Crippen molar-refractivity contribution in [2.24, 2.45) is 0 Å². The Hall–Kier alpha value is -3.20. The van der Waals surface area contributed by atoms with Crippen LogP contribution in [0, 0.1) is 0 Å². The van der Waals surface area contributed by atoms with Gasteiger partial charge in [-0.15, -0.1) is 0 Å². The van der Waals surface area contributed by atoms with E-state index >= 15 is 0 Å². The Labute approximate surface area is 171 Å². The van der Waals surface area contributed by atoms with Crippen molar-refractivity contribution in [3.63, 3.8) is 0 Å². The third-order valence-electron chi connectivity index (χ3n) is 4.00. The zero-order valence-electron chi connectivity index (χ0n) is 15.7. The number of hydrogen-bond acceptors (Lipinski definition) is 5. The highest BCUT2D eigenvalue weighted by atomic mass is 32.1. The highest BCUT2D eigenvalue weighted by Crippen LogP contribution is 2.29. The van der Waals surface area contributed by atoms with Gasteiger partial charge in [0.1, 0.15) is 0 Å². The molecule has 8 nitrogen and oxygen atoms in total. The summed E-state index contributed by atoms with van der Waals surface area (Å²) in [6, 6.07) is 8.51. The van der Waals surface area contributed by atoms with Gasteiger partial charge < -0.3 is 15.5 Å². The molecule has 0 saturated carbocycles. The maximum Gasteiger partial charge on any atom is 0.303 e. The fourth-order valence-electron chi connectivity index (χ4n) is 2.64. The molecule has 0 fully saturated rings. The second kappa shape index (κ2) is 11.0. The number of nitrogens with one attached hydrogen (secondary N) is 1. The number of benzene rings is 1. The minimum absolute atomic E-state index is 0.0635. The minimum atomic E-state index is -0.941. The molecule has 9 heteroatoms. The van der Waals surface area contributed by atoms with Gasteiger partial charge in [-0.3, -0.25) is 24.1 Å². The summed E-state index contributed by atoms with van der Waals surface area (Å²) in [5.74, 6) is -2.37. The van der Waals surface area contributed by atoms with Crippen molar-refractivity contribution in [3.05, 3.63) is 41.1 Å². The Morgan fingerprint density at radius 2 is 1.45 bits per heavy atom. The lowest BCUT2D eigenvalue weighted by molar-refractivity contribution is -0.138. The van der Waals surface area contributed by atoms with E-state index in [1.165, 1.54) is 16.2 Å². The first-order valence-corrected chi connectivity index (χ1v) is 10.00. The Bertz CT molecular complexity index is 848. The van der Waals surface area contributed by atoms with E-state index < -0.39 is 11.9 Å². The molecule has 0 aliphatic carbocycles. The monoisotopic (exact) mass is 418 g/mol. The first kappa shape index (κ1) is 22.1. The van der Waals surface area contributed by atoms with E-state index in [1.807, 2.05) is 10.8 Å². The average Bonchev–Trinajstić information content (AvgIpc) is 3.17. The van der Waals surface area contributed by atoms with Crippen LogP contribution >= 0.6 is 11.3 Å². The number of carbonyl (C=O) groups is 4. The van der Waals surface area contributed by atoms with E-state index in [0.717, 1.165) is 0 Å². The summed E-state index contributed by atoms with van der Waals surface area (Å²) in [7, 11) is 0. The number of anilines is 3. The maximum atomic E-state index is 12.7. The molecule has 3 N–H and O–H groups in total. The van der Waals surface area contributed by atoms with Gasteiger partial charge in [0.25, 0.3) is 0 Å². The molecule has 0 saturated heterocycles. The molecule has 1 heterocycles. The summed E-state index contributed by atoms with van der Waals surface area (Å²) in [6.45, 7) is 0. The van der Waals surface area contributed by atoms with Crippen molar-refractivity contribution in [3.8, 4) is 0 Å². The second-order valence-electron chi connectivity index (χ2n) is 6.30. The molecular weight excluding hydrogens is 396 g/mol. The van der Waals surface area contributed by atoms with Gasteiger partial charge in [0.05, 0.1) is 5.69 Å². The van der Waals surface area contributed by atoms with Crippen LogP contribution in [0.5, 0.6) is 0 Å². The highest BCUT2D eigenvalue weighted by molar-refractivity contribution is 7.08. The zero-order valence-corrected chi connectivity index (χ0v) is 16.5. The van der Waals surface area contributed by atoms with Gasteiger partial charge in [0, 0.05) is 42.4 Å². The summed E-state index contributed by atoms with van der Waals surface area (Å²) in [5, 5.41) is 23.7. The van der Waals surface area contributed by atoms with Gasteiger partial charge >= 0.3 is 11.9 Å². The van der Waals surface area contributed by atoms with E-state index in [0.29, 0.717) is 17.1 Å². The van der Waals surface area contributed by atoms with Gasteiger partial charge in [0.2, 0.25) is 11.8 Å². The lowest BCUT2D eigenvalue weighted by atomic mass is 10.2. The van der Waals surface area contributed by atoms with E-state index in [9.17, 15) is 19.2 Å². The normalized spacial score (nSPS) is 10.3. The fourth-order valence-corrected chi connectivity index (χ4v) is 3.26. The Morgan fingerprint density at radius 3 is 2.00 bits per heavy atom. The summed E-state index contributed by atoms with van der Waals surface area (Å²) in [5.41, 5.74) is 1.84. The largest absolute Gasteiger partial charge is 0.481 e. The summed E-state index contributed by atoms with van der Waals surface area (Å²) in [6.07, 6.45) is 0.582. The third kappa shape index (κ3) is 7.38. The summed E-state index contributed by atoms with van der Waals surface area (Å²) >= 11 is 1.44. The van der Waals surface area contributed by atoms with E-state index in [2.05, 4.69) is 5.32 Å². The number of rotatable bonds is 11. The molecule has 0 unspecified atom stereocenters. The number of carboxylic acid groups (broad SMARTS) is 2. The van der Waals surface area contributed by atoms with Crippen molar-refractivity contribution in [2.75, 3.05) is 10.2 Å².